The molecule has 0 radical (unpaired) electrons. The van der Waals surface area contributed by atoms with E-state index in [1.54, 1.807) is 48.5 Å². The van der Waals surface area contributed by atoms with Crippen LogP contribution in [0.2, 0.25) is 0 Å². The number of hydrogen-bond acceptors (Lipinski definition) is 6. The van der Waals surface area contributed by atoms with Crippen molar-refractivity contribution in [1.29, 1.82) is 0 Å². The van der Waals surface area contributed by atoms with Crippen LogP contribution in [0.15, 0.2) is 113 Å². The molecule has 8 nitrogen and oxygen atoms in total. The van der Waals surface area contributed by atoms with Crippen LogP contribution in [0.5, 0.6) is 5.75 Å². The average Bonchev–Trinajstić information content (AvgIpc) is 3.09. The number of anilines is 1. The third-order valence-electron chi connectivity index (χ3n) is 7.58. The molecule has 0 saturated carbocycles. The van der Waals surface area contributed by atoms with E-state index in [1.165, 1.54) is 40.9 Å². The molecule has 0 saturated heterocycles. The van der Waals surface area contributed by atoms with Crippen LogP contribution in [0, 0.1) is 11.7 Å². The molecule has 0 bridgehead atoms. The van der Waals surface area contributed by atoms with Crippen molar-refractivity contribution in [1.82, 2.24) is 10.2 Å². The monoisotopic (exact) mass is 691 g/mol. The lowest BCUT2D eigenvalue weighted by molar-refractivity contribution is -0.140. The van der Waals surface area contributed by atoms with E-state index in [4.69, 9.17) is 4.74 Å². The van der Waals surface area contributed by atoms with Crippen molar-refractivity contribution in [3.05, 3.63) is 120 Å². The number of carbonyl (C=O) groups is 2. The number of hydrogen-bond donors (Lipinski definition) is 1. The van der Waals surface area contributed by atoms with Gasteiger partial charge in [-0.1, -0.05) is 56.3 Å². The molecule has 0 fully saturated rings. The fourth-order valence-corrected chi connectivity index (χ4v) is 6.86. The average molecular weight is 692 g/mol. The predicted molar refractivity (Wildman–Crippen MR) is 189 cm³/mol. The fourth-order valence-electron chi connectivity index (χ4n) is 5.04. The molecule has 254 valence electrons. The number of thioether (sulfide) groups is 1. The second-order valence-electron chi connectivity index (χ2n) is 11.6. The maximum absolute atomic E-state index is 14.6. The zero-order chi connectivity index (χ0) is 34.7. The second kappa shape index (κ2) is 17.2. The minimum Gasteiger partial charge on any atom is -0.494 e. The van der Waals surface area contributed by atoms with Gasteiger partial charge in [0, 0.05) is 24.4 Å². The number of sulfonamides is 1. The van der Waals surface area contributed by atoms with Gasteiger partial charge < -0.3 is 15.0 Å². The summed E-state index contributed by atoms with van der Waals surface area (Å²) in [5.74, 6) is -0.695. The number of amides is 2. The summed E-state index contributed by atoms with van der Waals surface area (Å²) >= 11 is 1.48. The van der Waals surface area contributed by atoms with E-state index >= 15 is 0 Å². The first kappa shape index (κ1) is 36.5. The van der Waals surface area contributed by atoms with Crippen molar-refractivity contribution < 1.29 is 27.1 Å². The summed E-state index contributed by atoms with van der Waals surface area (Å²) in [4.78, 5) is 30.7. The van der Waals surface area contributed by atoms with Gasteiger partial charge in [-0.3, -0.25) is 13.9 Å². The van der Waals surface area contributed by atoms with Gasteiger partial charge in [-0.2, -0.15) is 0 Å². The lowest BCUT2D eigenvalue weighted by Crippen LogP contribution is -2.53. The van der Waals surface area contributed by atoms with Gasteiger partial charge >= 0.3 is 0 Å². The van der Waals surface area contributed by atoms with Gasteiger partial charge in [0.25, 0.3) is 10.0 Å². The van der Waals surface area contributed by atoms with Crippen LogP contribution in [0.4, 0.5) is 10.1 Å². The van der Waals surface area contributed by atoms with Crippen LogP contribution < -0.4 is 14.4 Å². The van der Waals surface area contributed by atoms with Gasteiger partial charge in [0.2, 0.25) is 11.8 Å². The Morgan fingerprint density at radius 3 is 2.10 bits per heavy atom. The normalized spacial score (nSPS) is 12.0. The molecule has 0 aromatic heterocycles. The summed E-state index contributed by atoms with van der Waals surface area (Å²) in [5.41, 5.74) is 1.66. The number of carbonyl (C=O) groups excluding carboxylic acids is 2. The third-order valence-corrected chi connectivity index (χ3v) is 10.1. The van der Waals surface area contributed by atoms with Crippen molar-refractivity contribution in [2.45, 2.75) is 49.6 Å². The van der Waals surface area contributed by atoms with Crippen LogP contribution in [0.25, 0.3) is 0 Å². The van der Waals surface area contributed by atoms with Crippen LogP contribution in [0.3, 0.4) is 0 Å². The maximum atomic E-state index is 14.6. The van der Waals surface area contributed by atoms with Gasteiger partial charge in [-0.05, 0) is 90.9 Å². The Balaban J connectivity index is 1.79. The van der Waals surface area contributed by atoms with E-state index in [2.05, 4.69) is 5.32 Å². The van der Waals surface area contributed by atoms with E-state index in [-0.39, 0.29) is 35.4 Å². The molecule has 1 N–H and O–H groups in total. The molecule has 11 heteroatoms. The molecule has 4 rings (SSSR count). The Morgan fingerprint density at radius 2 is 1.52 bits per heavy atom. The molecule has 48 heavy (non-hydrogen) atoms. The summed E-state index contributed by atoms with van der Waals surface area (Å²) in [6, 6.07) is 26.9. The predicted octanol–water partition coefficient (Wildman–Crippen LogP) is 6.55. The van der Waals surface area contributed by atoms with Crippen LogP contribution in [-0.2, 0) is 32.6 Å². The summed E-state index contributed by atoms with van der Waals surface area (Å²) in [6.45, 7) is 5.97. The highest BCUT2D eigenvalue weighted by Crippen LogP contribution is 2.28. The molecular weight excluding hydrogens is 650 g/mol. The minimum atomic E-state index is -4.25. The van der Waals surface area contributed by atoms with E-state index in [1.807, 2.05) is 57.4 Å². The third kappa shape index (κ3) is 9.84. The van der Waals surface area contributed by atoms with E-state index in [0.717, 1.165) is 14.8 Å². The number of nitrogens with zero attached hydrogens (tertiary/aromatic N) is 2. The van der Waals surface area contributed by atoms with Gasteiger partial charge in [0.15, 0.2) is 0 Å². The standard InChI is InChI=1S/C37H42FN3O5S2/c1-5-46-32-17-15-31(16-18-32)41(48(44,45)34-21-19-33(47-4)20-22-34)26-36(42)40(25-29-11-13-30(38)14-12-29)35(37(43)39-24-27(2)3)23-28-9-7-6-8-10-28/h6-22,27,35H,5,23-26H2,1-4H3,(H,39,43)/t35-/m0/s1. The highest BCUT2D eigenvalue weighted by atomic mass is 32.2. The topological polar surface area (TPSA) is 96.0 Å². The number of halogens is 1. The number of benzene rings is 4. The highest BCUT2D eigenvalue weighted by molar-refractivity contribution is 7.98. The molecule has 0 unspecified atom stereocenters. The molecule has 1 atom stereocenters. The number of ether oxygens (including phenoxy) is 1. The van der Waals surface area contributed by atoms with Crippen LogP contribution >= 0.6 is 11.8 Å². The molecule has 4 aromatic rings. The largest absolute Gasteiger partial charge is 0.494 e. The van der Waals surface area contributed by atoms with Crippen molar-refractivity contribution in [2.24, 2.45) is 5.92 Å². The van der Waals surface area contributed by atoms with Gasteiger partial charge in [0.1, 0.15) is 24.2 Å². The van der Waals surface area contributed by atoms with Crippen LogP contribution in [-0.4, -0.2) is 57.1 Å². The van der Waals surface area contributed by atoms with Gasteiger partial charge in [-0.25, -0.2) is 12.8 Å². The summed E-state index contributed by atoms with van der Waals surface area (Å²) < 4.78 is 49.0. The minimum absolute atomic E-state index is 0.0163. The first-order valence-electron chi connectivity index (χ1n) is 15.8. The zero-order valence-corrected chi connectivity index (χ0v) is 29.3. The number of nitrogens with one attached hydrogen (secondary N) is 1. The molecule has 0 aliphatic heterocycles. The molecule has 2 amide bonds. The summed E-state index contributed by atoms with van der Waals surface area (Å²) in [7, 11) is -4.25. The fraction of sp³-hybridized carbons (Fsp3) is 0.297. The maximum Gasteiger partial charge on any atom is 0.264 e. The van der Waals surface area contributed by atoms with E-state index in [0.29, 0.717) is 24.5 Å². The molecule has 0 aliphatic rings. The molecule has 4 aromatic carbocycles. The lowest BCUT2D eigenvalue weighted by atomic mass is 10.0. The molecule has 0 spiro atoms. The molecule has 0 aliphatic carbocycles. The summed E-state index contributed by atoms with van der Waals surface area (Å²) in [5, 5.41) is 2.96. The van der Waals surface area contributed by atoms with Crippen LogP contribution in [0.1, 0.15) is 31.9 Å². The quantitative estimate of drug-likeness (QED) is 0.134. The zero-order valence-electron chi connectivity index (χ0n) is 27.6. The lowest BCUT2D eigenvalue weighted by Gasteiger charge is -2.34. The SMILES string of the molecule is CCOc1ccc(N(CC(=O)N(Cc2ccc(F)cc2)[C@@H](Cc2ccccc2)C(=O)NCC(C)C)S(=O)(=O)c2ccc(SC)cc2)cc1. The van der Waals surface area contributed by atoms with Gasteiger partial charge in [-0.15, -0.1) is 11.8 Å². The Hall–Kier alpha value is -4.35. The number of rotatable bonds is 16. The summed E-state index contributed by atoms with van der Waals surface area (Å²) in [6.07, 6.45) is 2.08. The van der Waals surface area contributed by atoms with Gasteiger partial charge in [0.05, 0.1) is 17.2 Å². The molecule has 0 heterocycles. The molecular formula is C37H42FN3O5S2. The van der Waals surface area contributed by atoms with E-state index < -0.39 is 34.3 Å². The van der Waals surface area contributed by atoms with Crippen molar-refractivity contribution >= 4 is 39.3 Å². The Bertz CT molecular complexity index is 1730. The smallest absolute Gasteiger partial charge is 0.264 e. The highest BCUT2D eigenvalue weighted by Gasteiger charge is 2.34. The van der Waals surface area contributed by atoms with Crippen molar-refractivity contribution in [3.8, 4) is 5.75 Å². The van der Waals surface area contributed by atoms with Crippen molar-refractivity contribution in [2.75, 3.05) is 30.3 Å². The van der Waals surface area contributed by atoms with Crippen molar-refractivity contribution in [3.63, 3.8) is 0 Å². The first-order valence-corrected chi connectivity index (χ1v) is 18.4. The second-order valence-corrected chi connectivity index (χ2v) is 14.3. The Labute approximate surface area is 287 Å². The first-order chi connectivity index (χ1) is 23.0. The Morgan fingerprint density at radius 1 is 0.875 bits per heavy atom. The van der Waals surface area contributed by atoms with E-state index in [9.17, 15) is 22.4 Å². The Kier molecular flexibility index (Phi) is 13.0.